The molecule has 0 atom stereocenters. The van der Waals surface area contributed by atoms with E-state index in [4.69, 9.17) is 11.5 Å². The van der Waals surface area contributed by atoms with Gasteiger partial charge in [-0.25, -0.2) is 4.98 Å². The Labute approximate surface area is 76.1 Å². The van der Waals surface area contributed by atoms with Crippen LogP contribution in [0.2, 0.25) is 0 Å². The smallest absolute Gasteiger partial charge is 0.236 e. The summed E-state index contributed by atoms with van der Waals surface area (Å²) >= 11 is 0. The fourth-order valence-corrected chi connectivity index (χ4v) is 0.881. The predicted octanol–water partition coefficient (Wildman–Crippen LogP) is -0.131. The van der Waals surface area contributed by atoms with Crippen LogP contribution >= 0.6 is 0 Å². The summed E-state index contributed by atoms with van der Waals surface area (Å²) in [6, 6.07) is 1.80. The zero-order chi connectivity index (χ0) is 9.84. The van der Waals surface area contributed by atoms with Gasteiger partial charge < -0.3 is 16.8 Å². The summed E-state index contributed by atoms with van der Waals surface area (Å²) in [5, 5.41) is 2.74. The molecule has 0 spiro atoms. The lowest BCUT2D eigenvalue weighted by atomic mass is 10.2. The van der Waals surface area contributed by atoms with E-state index in [9.17, 15) is 4.79 Å². The van der Waals surface area contributed by atoms with Crippen molar-refractivity contribution in [3.8, 4) is 0 Å². The Morgan fingerprint density at radius 2 is 2.38 bits per heavy atom. The maximum absolute atomic E-state index is 10.5. The van der Waals surface area contributed by atoms with Crippen molar-refractivity contribution in [1.82, 2.24) is 4.98 Å². The molecule has 1 aromatic heterocycles. The van der Waals surface area contributed by atoms with Gasteiger partial charge in [-0.3, -0.25) is 4.79 Å². The molecule has 0 aliphatic carbocycles. The zero-order valence-corrected chi connectivity index (χ0v) is 7.37. The third kappa shape index (κ3) is 2.33. The van der Waals surface area contributed by atoms with Gasteiger partial charge in [-0.1, -0.05) is 0 Å². The highest BCUT2D eigenvalue weighted by Gasteiger charge is 2.02. The second kappa shape index (κ2) is 3.75. The Kier molecular flexibility index (Phi) is 2.69. The summed E-state index contributed by atoms with van der Waals surface area (Å²) in [7, 11) is 0. The Morgan fingerprint density at radius 1 is 1.69 bits per heavy atom. The quantitative estimate of drug-likeness (QED) is 0.604. The topological polar surface area (TPSA) is 94.0 Å². The Bertz CT molecular complexity index is 324. The molecule has 13 heavy (non-hydrogen) atoms. The molecular weight excluding hydrogens is 168 g/mol. The summed E-state index contributed by atoms with van der Waals surface area (Å²) in [6.07, 6.45) is 1.62. The van der Waals surface area contributed by atoms with E-state index in [0.717, 1.165) is 5.56 Å². The summed E-state index contributed by atoms with van der Waals surface area (Å²) in [4.78, 5) is 14.4. The normalized spacial score (nSPS) is 9.62. The zero-order valence-electron chi connectivity index (χ0n) is 7.37. The van der Waals surface area contributed by atoms with Crippen molar-refractivity contribution >= 4 is 17.4 Å². The SMILES string of the molecule is Cc1ccnc(NCC(N)=O)c1N. The van der Waals surface area contributed by atoms with Crippen LogP contribution in [0.4, 0.5) is 11.5 Å². The lowest BCUT2D eigenvalue weighted by molar-refractivity contribution is -0.116. The number of primary amides is 1. The second-order valence-electron chi connectivity index (χ2n) is 2.71. The van der Waals surface area contributed by atoms with Crippen molar-refractivity contribution in [2.75, 3.05) is 17.6 Å². The van der Waals surface area contributed by atoms with Crippen LogP contribution in [0.5, 0.6) is 0 Å². The first kappa shape index (κ1) is 9.31. The number of anilines is 2. The van der Waals surface area contributed by atoms with Crippen LogP contribution in [-0.2, 0) is 4.79 Å². The number of aromatic nitrogens is 1. The van der Waals surface area contributed by atoms with Gasteiger partial charge in [0.05, 0.1) is 12.2 Å². The van der Waals surface area contributed by atoms with Crippen molar-refractivity contribution in [2.45, 2.75) is 6.92 Å². The van der Waals surface area contributed by atoms with Crippen LogP contribution in [0, 0.1) is 6.92 Å². The van der Waals surface area contributed by atoms with Crippen molar-refractivity contribution < 1.29 is 4.79 Å². The average Bonchev–Trinajstić information content (AvgIpc) is 2.07. The number of carbonyl (C=O) groups excluding carboxylic acids is 1. The van der Waals surface area contributed by atoms with Crippen molar-refractivity contribution in [3.05, 3.63) is 17.8 Å². The third-order valence-corrected chi connectivity index (χ3v) is 1.64. The molecule has 0 saturated heterocycles. The first-order valence-corrected chi connectivity index (χ1v) is 3.84. The highest BCUT2D eigenvalue weighted by molar-refractivity contribution is 5.80. The standard InChI is InChI=1S/C8H12N4O/c1-5-2-3-11-8(7(5)10)12-4-6(9)13/h2-3H,4,10H2,1H3,(H2,9,13)(H,11,12). The molecule has 0 aromatic carbocycles. The van der Waals surface area contributed by atoms with Crippen molar-refractivity contribution in [3.63, 3.8) is 0 Å². The van der Waals surface area contributed by atoms with Crippen molar-refractivity contribution in [1.29, 1.82) is 0 Å². The summed E-state index contributed by atoms with van der Waals surface area (Å²) in [5.41, 5.74) is 12.1. The second-order valence-corrected chi connectivity index (χ2v) is 2.71. The number of pyridine rings is 1. The van der Waals surface area contributed by atoms with Gasteiger partial charge in [-0.15, -0.1) is 0 Å². The molecule has 0 aliphatic heterocycles. The molecule has 0 saturated carbocycles. The van der Waals surface area contributed by atoms with E-state index in [0.29, 0.717) is 11.5 Å². The number of carbonyl (C=O) groups is 1. The molecule has 1 amide bonds. The molecule has 1 aromatic rings. The van der Waals surface area contributed by atoms with E-state index in [1.165, 1.54) is 0 Å². The van der Waals surface area contributed by atoms with Crippen LogP contribution < -0.4 is 16.8 Å². The van der Waals surface area contributed by atoms with E-state index < -0.39 is 5.91 Å². The van der Waals surface area contributed by atoms with Crippen LogP contribution in [0.25, 0.3) is 0 Å². The number of hydrogen-bond acceptors (Lipinski definition) is 4. The first-order valence-electron chi connectivity index (χ1n) is 3.84. The highest BCUT2D eigenvalue weighted by atomic mass is 16.1. The average molecular weight is 180 g/mol. The maximum Gasteiger partial charge on any atom is 0.236 e. The van der Waals surface area contributed by atoms with E-state index >= 15 is 0 Å². The first-order chi connectivity index (χ1) is 6.11. The van der Waals surface area contributed by atoms with Gasteiger partial charge in [-0.2, -0.15) is 0 Å². The van der Waals surface area contributed by atoms with E-state index in [-0.39, 0.29) is 6.54 Å². The number of rotatable bonds is 3. The molecule has 1 heterocycles. The van der Waals surface area contributed by atoms with Gasteiger partial charge in [0.25, 0.3) is 0 Å². The molecule has 5 N–H and O–H groups in total. The Morgan fingerprint density at radius 3 is 3.00 bits per heavy atom. The molecule has 0 radical (unpaired) electrons. The van der Waals surface area contributed by atoms with Crippen LogP contribution in [0.15, 0.2) is 12.3 Å². The molecule has 5 heteroatoms. The molecule has 1 rings (SSSR count). The molecule has 0 bridgehead atoms. The van der Waals surface area contributed by atoms with Crippen molar-refractivity contribution in [2.24, 2.45) is 5.73 Å². The number of hydrogen-bond donors (Lipinski definition) is 3. The minimum absolute atomic E-state index is 0.0423. The van der Waals surface area contributed by atoms with Gasteiger partial charge in [0, 0.05) is 6.20 Å². The summed E-state index contributed by atoms with van der Waals surface area (Å²) < 4.78 is 0. The largest absolute Gasteiger partial charge is 0.396 e. The molecular formula is C8H12N4O. The minimum Gasteiger partial charge on any atom is -0.396 e. The predicted molar refractivity (Wildman–Crippen MR) is 51.1 cm³/mol. The van der Waals surface area contributed by atoms with Crippen LogP contribution in [-0.4, -0.2) is 17.4 Å². The minimum atomic E-state index is -0.442. The molecule has 0 fully saturated rings. The molecule has 5 nitrogen and oxygen atoms in total. The monoisotopic (exact) mass is 180 g/mol. The van der Waals surface area contributed by atoms with Gasteiger partial charge in [0.15, 0.2) is 0 Å². The molecule has 0 aliphatic rings. The fraction of sp³-hybridized carbons (Fsp3) is 0.250. The molecule has 0 unspecified atom stereocenters. The fourth-order valence-electron chi connectivity index (χ4n) is 0.881. The lowest BCUT2D eigenvalue weighted by Gasteiger charge is -2.07. The molecule has 70 valence electrons. The van der Waals surface area contributed by atoms with Gasteiger partial charge >= 0.3 is 0 Å². The number of nitrogens with zero attached hydrogens (tertiary/aromatic N) is 1. The number of nitrogens with one attached hydrogen (secondary N) is 1. The van der Waals surface area contributed by atoms with Crippen LogP contribution in [0.1, 0.15) is 5.56 Å². The third-order valence-electron chi connectivity index (χ3n) is 1.64. The maximum atomic E-state index is 10.5. The highest BCUT2D eigenvalue weighted by Crippen LogP contribution is 2.17. The Balaban J connectivity index is 2.77. The van der Waals surface area contributed by atoms with E-state index in [1.54, 1.807) is 12.3 Å². The van der Waals surface area contributed by atoms with Gasteiger partial charge in [0.1, 0.15) is 5.82 Å². The van der Waals surface area contributed by atoms with Gasteiger partial charge in [0.2, 0.25) is 5.91 Å². The van der Waals surface area contributed by atoms with Gasteiger partial charge in [-0.05, 0) is 18.6 Å². The van der Waals surface area contributed by atoms with Crippen LogP contribution in [0.3, 0.4) is 0 Å². The Hall–Kier alpha value is -1.78. The number of aryl methyl sites for hydroxylation is 1. The summed E-state index contributed by atoms with van der Waals surface area (Å²) in [5.74, 6) is 0.0570. The van der Waals surface area contributed by atoms with E-state index in [1.807, 2.05) is 6.92 Å². The van der Waals surface area contributed by atoms with E-state index in [2.05, 4.69) is 10.3 Å². The summed E-state index contributed by atoms with van der Waals surface area (Å²) in [6.45, 7) is 1.91. The number of nitrogens with two attached hydrogens (primary N) is 2. The number of amides is 1. The lowest BCUT2D eigenvalue weighted by Crippen LogP contribution is -2.22. The number of nitrogen functional groups attached to an aromatic ring is 1.